The van der Waals surface area contributed by atoms with Crippen molar-refractivity contribution in [2.75, 3.05) is 13.1 Å². The molecule has 0 unspecified atom stereocenters. The maximum absolute atomic E-state index is 11.5. The van der Waals surface area contributed by atoms with Gasteiger partial charge in [0.1, 0.15) is 6.04 Å². The molecule has 1 amide bonds. The maximum Gasteiger partial charge on any atom is 0.241 e. The normalized spacial score (nSPS) is 21.8. The van der Waals surface area contributed by atoms with Gasteiger partial charge in [-0.25, -0.2) is 0 Å². The van der Waals surface area contributed by atoms with Crippen molar-refractivity contribution in [3.63, 3.8) is 0 Å². The fraction of sp³-hybridized carbons (Fsp3) is 0.300. The van der Waals surface area contributed by atoms with E-state index in [-0.39, 0.29) is 11.9 Å². The topological polar surface area (TPSA) is 41.1 Å². The molecule has 1 heterocycles. The standard InChI is InChI=1S/C10H11ClN2O/c11-8-4-2-1-3-7(8)9-10(14)13-6-5-12-9/h1-4,9,12H,5-6H2,(H,13,14)/t9-/m1/s1. The lowest BCUT2D eigenvalue weighted by Gasteiger charge is -2.24. The zero-order valence-electron chi connectivity index (χ0n) is 7.59. The number of nitrogens with one attached hydrogen (secondary N) is 2. The van der Waals surface area contributed by atoms with Crippen LogP contribution in [-0.4, -0.2) is 19.0 Å². The molecule has 74 valence electrons. The van der Waals surface area contributed by atoms with Crippen molar-refractivity contribution in [1.82, 2.24) is 10.6 Å². The summed E-state index contributed by atoms with van der Waals surface area (Å²) in [6.07, 6.45) is 0. The predicted molar refractivity (Wildman–Crippen MR) is 55.2 cm³/mol. The van der Waals surface area contributed by atoms with Gasteiger partial charge in [0.25, 0.3) is 0 Å². The van der Waals surface area contributed by atoms with E-state index in [0.717, 1.165) is 12.1 Å². The van der Waals surface area contributed by atoms with Crippen molar-refractivity contribution in [3.05, 3.63) is 34.9 Å². The predicted octanol–water partition coefficient (Wildman–Crippen LogP) is 1.10. The molecule has 0 aliphatic carbocycles. The Bertz CT molecular complexity index is 354. The van der Waals surface area contributed by atoms with E-state index in [9.17, 15) is 4.79 Å². The molecule has 2 N–H and O–H groups in total. The molecule has 1 aliphatic heterocycles. The first-order valence-electron chi connectivity index (χ1n) is 4.54. The number of piperazine rings is 1. The highest BCUT2D eigenvalue weighted by Gasteiger charge is 2.24. The molecule has 14 heavy (non-hydrogen) atoms. The van der Waals surface area contributed by atoms with E-state index in [1.807, 2.05) is 18.2 Å². The van der Waals surface area contributed by atoms with Crippen LogP contribution >= 0.6 is 11.6 Å². The monoisotopic (exact) mass is 210 g/mol. The maximum atomic E-state index is 11.5. The Hall–Kier alpha value is -1.06. The molecule has 1 aliphatic rings. The summed E-state index contributed by atoms with van der Waals surface area (Å²) in [5.41, 5.74) is 0.839. The van der Waals surface area contributed by atoms with Crippen LogP contribution in [0.3, 0.4) is 0 Å². The minimum atomic E-state index is -0.308. The van der Waals surface area contributed by atoms with Crippen molar-refractivity contribution in [3.8, 4) is 0 Å². The summed E-state index contributed by atoms with van der Waals surface area (Å²) >= 11 is 6.00. The van der Waals surface area contributed by atoms with Gasteiger partial charge in [-0.05, 0) is 11.6 Å². The van der Waals surface area contributed by atoms with E-state index in [0.29, 0.717) is 11.6 Å². The van der Waals surface area contributed by atoms with Crippen LogP contribution in [0.5, 0.6) is 0 Å². The zero-order chi connectivity index (χ0) is 9.97. The summed E-state index contributed by atoms with van der Waals surface area (Å²) in [6.45, 7) is 1.46. The summed E-state index contributed by atoms with van der Waals surface area (Å²) in [5, 5.41) is 6.55. The fourth-order valence-corrected chi connectivity index (χ4v) is 1.80. The van der Waals surface area contributed by atoms with E-state index in [2.05, 4.69) is 10.6 Å². The van der Waals surface area contributed by atoms with E-state index in [1.54, 1.807) is 6.07 Å². The van der Waals surface area contributed by atoms with Gasteiger partial charge in [-0.2, -0.15) is 0 Å². The number of halogens is 1. The SMILES string of the molecule is O=C1NCCN[C@@H]1c1ccccc1Cl. The van der Waals surface area contributed by atoms with Crippen molar-refractivity contribution in [1.29, 1.82) is 0 Å². The molecule has 1 aromatic rings. The Kier molecular flexibility index (Phi) is 2.70. The fourth-order valence-electron chi connectivity index (χ4n) is 1.56. The summed E-state index contributed by atoms with van der Waals surface area (Å²) in [7, 11) is 0. The second-order valence-electron chi connectivity index (χ2n) is 3.20. The van der Waals surface area contributed by atoms with Gasteiger partial charge >= 0.3 is 0 Å². The molecule has 1 saturated heterocycles. The Balaban J connectivity index is 2.29. The first-order valence-corrected chi connectivity index (χ1v) is 4.92. The first kappa shape index (κ1) is 9.49. The van der Waals surface area contributed by atoms with Crippen LogP contribution < -0.4 is 10.6 Å². The Labute approximate surface area is 87.4 Å². The van der Waals surface area contributed by atoms with Crippen LogP contribution in [0, 0.1) is 0 Å². The van der Waals surface area contributed by atoms with Crippen molar-refractivity contribution in [2.24, 2.45) is 0 Å². The molecule has 0 radical (unpaired) electrons. The first-order chi connectivity index (χ1) is 6.79. The number of hydrogen-bond acceptors (Lipinski definition) is 2. The van der Waals surface area contributed by atoms with E-state index < -0.39 is 0 Å². The number of rotatable bonds is 1. The summed E-state index contributed by atoms with van der Waals surface area (Å²) in [5.74, 6) is -0.00986. The smallest absolute Gasteiger partial charge is 0.241 e. The summed E-state index contributed by atoms with van der Waals surface area (Å²) < 4.78 is 0. The van der Waals surface area contributed by atoms with Crippen LogP contribution in [0.4, 0.5) is 0 Å². The molecule has 0 spiro atoms. The van der Waals surface area contributed by atoms with Crippen molar-refractivity contribution in [2.45, 2.75) is 6.04 Å². The van der Waals surface area contributed by atoms with Crippen LogP contribution in [0.15, 0.2) is 24.3 Å². The molecule has 1 aromatic carbocycles. The van der Waals surface area contributed by atoms with Gasteiger partial charge in [0.2, 0.25) is 5.91 Å². The third-order valence-corrected chi connectivity index (χ3v) is 2.60. The third-order valence-electron chi connectivity index (χ3n) is 2.25. The number of carbonyl (C=O) groups is 1. The highest BCUT2D eigenvalue weighted by atomic mass is 35.5. The van der Waals surface area contributed by atoms with Crippen LogP contribution in [0.1, 0.15) is 11.6 Å². The van der Waals surface area contributed by atoms with Gasteiger partial charge in [-0.3, -0.25) is 4.79 Å². The van der Waals surface area contributed by atoms with Crippen molar-refractivity contribution >= 4 is 17.5 Å². The molecular weight excluding hydrogens is 200 g/mol. The Morgan fingerprint density at radius 1 is 1.29 bits per heavy atom. The molecular formula is C10H11ClN2O. The molecule has 4 heteroatoms. The van der Waals surface area contributed by atoms with Gasteiger partial charge < -0.3 is 10.6 Å². The number of carbonyl (C=O) groups excluding carboxylic acids is 1. The van der Waals surface area contributed by atoms with E-state index in [1.165, 1.54) is 0 Å². The van der Waals surface area contributed by atoms with Gasteiger partial charge in [0, 0.05) is 18.1 Å². The molecule has 0 saturated carbocycles. The van der Waals surface area contributed by atoms with Gasteiger partial charge in [0.15, 0.2) is 0 Å². The minimum Gasteiger partial charge on any atom is -0.353 e. The number of benzene rings is 1. The lowest BCUT2D eigenvalue weighted by molar-refractivity contribution is -0.124. The average Bonchev–Trinajstić information content (AvgIpc) is 2.20. The average molecular weight is 211 g/mol. The van der Waals surface area contributed by atoms with Gasteiger partial charge in [0.05, 0.1) is 0 Å². The lowest BCUT2D eigenvalue weighted by Crippen LogP contribution is -2.47. The molecule has 0 bridgehead atoms. The Morgan fingerprint density at radius 3 is 2.79 bits per heavy atom. The molecule has 2 rings (SSSR count). The third kappa shape index (κ3) is 1.74. The van der Waals surface area contributed by atoms with E-state index in [4.69, 9.17) is 11.6 Å². The second-order valence-corrected chi connectivity index (χ2v) is 3.61. The number of hydrogen-bond donors (Lipinski definition) is 2. The van der Waals surface area contributed by atoms with E-state index >= 15 is 0 Å². The van der Waals surface area contributed by atoms with Gasteiger partial charge in [-0.15, -0.1) is 0 Å². The highest BCUT2D eigenvalue weighted by molar-refractivity contribution is 6.31. The quantitative estimate of drug-likeness (QED) is 0.729. The molecule has 1 atom stereocenters. The molecule has 1 fully saturated rings. The summed E-state index contributed by atoms with van der Waals surface area (Å²) in [6, 6.07) is 7.08. The number of amides is 1. The Morgan fingerprint density at radius 2 is 2.07 bits per heavy atom. The molecule has 3 nitrogen and oxygen atoms in total. The zero-order valence-corrected chi connectivity index (χ0v) is 8.34. The lowest BCUT2D eigenvalue weighted by atomic mass is 10.0. The highest BCUT2D eigenvalue weighted by Crippen LogP contribution is 2.23. The molecule has 0 aromatic heterocycles. The minimum absolute atomic E-state index is 0.00986. The second kappa shape index (κ2) is 3.98. The van der Waals surface area contributed by atoms with Crippen LogP contribution in [-0.2, 0) is 4.79 Å². The van der Waals surface area contributed by atoms with Crippen molar-refractivity contribution < 1.29 is 4.79 Å². The summed E-state index contributed by atoms with van der Waals surface area (Å²) in [4.78, 5) is 11.5. The largest absolute Gasteiger partial charge is 0.353 e. The van der Waals surface area contributed by atoms with Gasteiger partial charge in [-0.1, -0.05) is 29.8 Å². The van der Waals surface area contributed by atoms with Crippen LogP contribution in [0.25, 0.3) is 0 Å². The van der Waals surface area contributed by atoms with Crippen LogP contribution in [0.2, 0.25) is 5.02 Å².